The number of aromatic nitrogens is 2. The number of amides is 2. The standard InChI is InChI=1S/C27H43N7O4/c1-26(2,3)37-24(35)28-15-9-17-33-19-20-34(18-10-16-29-25(36)38-27(4,5)6)23(33)31-30-21-11-13-22(14-12-21)32(7)8/h11-14,19-20H,9-10,15-18H2,1-8H3,(H-,28,29,35,36)/p+1. The molecule has 2 N–H and O–H groups in total. The number of azo groups is 1. The number of alkyl carbamates (subject to hydrolysis) is 2. The maximum atomic E-state index is 11.9. The van der Waals surface area contributed by atoms with Gasteiger partial charge in [0.15, 0.2) is 0 Å². The summed E-state index contributed by atoms with van der Waals surface area (Å²) in [6, 6.07) is 7.83. The molecule has 38 heavy (non-hydrogen) atoms. The number of hydrogen-bond donors (Lipinski definition) is 2. The predicted octanol–water partition coefficient (Wildman–Crippen LogP) is 5.09. The number of anilines is 1. The molecular weight excluding hydrogens is 486 g/mol. The molecule has 11 nitrogen and oxygen atoms in total. The molecule has 0 radical (unpaired) electrons. The minimum atomic E-state index is -0.535. The van der Waals surface area contributed by atoms with Gasteiger partial charge >= 0.3 is 18.1 Å². The van der Waals surface area contributed by atoms with Gasteiger partial charge in [0, 0.05) is 38.0 Å². The fourth-order valence-electron chi connectivity index (χ4n) is 3.35. The third kappa shape index (κ3) is 11.6. The van der Waals surface area contributed by atoms with Crippen molar-refractivity contribution in [3.8, 4) is 0 Å². The van der Waals surface area contributed by atoms with Crippen LogP contribution in [0.4, 0.5) is 26.9 Å². The summed E-state index contributed by atoms with van der Waals surface area (Å²) in [4.78, 5) is 25.9. The largest absolute Gasteiger partial charge is 0.444 e. The molecule has 2 amide bonds. The maximum Gasteiger partial charge on any atom is 0.421 e. The first kappa shape index (κ1) is 30.6. The zero-order valence-electron chi connectivity index (χ0n) is 24.1. The van der Waals surface area contributed by atoms with E-state index in [-0.39, 0.29) is 0 Å². The van der Waals surface area contributed by atoms with Gasteiger partial charge in [-0.25, -0.2) is 18.7 Å². The van der Waals surface area contributed by atoms with E-state index in [9.17, 15) is 9.59 Å². The summed E-state index contributed by atoms with van der Waals surface area (Å²) < 4.78 is 14.6. The van der Waals surface area contributed by atoms with E-state index < -0.39 is 23.4 Å². The van der Waals surface area contributed by atoms with E-state index in [0.29, 0.717) is 45.0 Å². The highest BCUT2D eigenvalue weighted by Crippen LogP contribution is 2.20. The first-order valence-corrected chi connectivity index (χ1v) is 12.9. The first-order valence-electron chi connectivity index (χ1n) is 12.9. The third-order valence-electron chi connectivity index (χ3n) is 5.05. The van der Waals surface area contributed by atoms with E-state index in [1.54, 1.807) is 0 Å². The van der Waals surface area contributed by atoms with Crippen molar-refractivity contribution in [3.63, 3.8) is 0 Å². The second-order valence-electron chi connectivity index (χ2n) is 11.2. The molecule has 0 unspecified atom stereocenters. The van der Waals surface area contributed by atoms with Gasteiger partial charge in [0.05, 0.1) is 25.5 Å². The second kappa shape index (κ2) is 13.8. The third-order valence-corrected chi connectivity index (χ3v) is 5.05. The second-order valence-corrected chi connectivity index (χ2v) is 11.2. The van der Waals surface area contributed by atoms with Crippen LogP contribution in [0.1, 0.15) is 54.4 Å². The Kier molecular flexibility index (Phi) is 11.1. The molecule has 1 aromatic heterocycles. The summed E-state index contributed by atoms with van der Waals surface area (Å²) >= 11 is 0. The van der Waals surface area contributed by atoms with E-state index in [2.05, 4.69) is 20.9 Å². The average Bonchev–Trinajstić information content (AvgIpc) is 3.17. The van der Waals surface area contributed by atoms with Crippen LogP contribution >= 0.6 is 0 Å². The Morgan fingerprint density at radius 1 is 0.895 bits per heavy atom. The lowest BCUT2D eigenvalue weighted by molar-refractivity contribution is -0.683. The molecular formula is C27H44N7O4+. The van der Waals surface area contributed by atoms with Gasteiger partial charge in [-0.2, -0.15) is 0 Å². The lowest BCUT2D eigenvalue weighted by Crippen LogP contribution is -2.37. The van der Waals surface area contributed by atoms with Crippen molar-refractivity contribution >= 4 is 29.5 Å². The van der Waals surface area contributed by atoms with E-state index in [1.807, 2.05) is 106 Å². The molecule has 0 saturated carbocycles. The molecule has 1 aromatic carbocycles. The molecule has 0 aliphatic rings. The quantitative estimate of drug-likeness (QED) is 0.239. The highest BCUT2D eigenvalue weighted by molar-refractivity contribution is 5.67. The Morgan fingerprint density at radius 3 is 1.97 bits per heavy atom. The SMILES string of the molecule is CN(C)c1ccc(N=Nc2n(CCCNC(=O)OC(C)(C)C)cc[n+]2CCCNC(=O)OC(C)(C)C)cc1. The van der Waals surface area contributed by atoms with E-state index >= 15 is 0 Å². The van der Waals surface area contributed by atoms with E-state index in [1.165, 1.54) is 0 Å². The number of nitrogens with zero attached hydrogens (tertiary/aromatic N) is 5. The van der Waals surface area contributed by atoms with Crippen LogP contribution in [-0.4, -0.2) is 55.1 Å². The fraction of sp³-hybridized carbons (Fsp3) is 0.593. The highest BCUT2D eigenvalue weighted by Gasteiger charge is 2.19. The normalized spacial score (nSPS) is 11.9. The maximum absolute atomic E-state index is 11.9. The zero-order valence-corrected chi connectivity index (χ0v) is 24.1. The van der Waals surface area contributed by atoms with Crippen molar-refractivity contribution in [2.24, 2.45) is 10.2 Å². The summed E-state index contributed by atoms with van der Waals surface area (Å²) in [6.45, 7) is 13.2. The number of carbonyl (C=O) groups excluding carboxylic acids is 2. The molecule has 0 aliphatic carbocycles. The van der Waals surface area contributed by atoms with Gasteiger partial charge in [0.1, 0.15) is 16.9 Å². The Balaban J connectivity index is 2.04. The minimum absolute atomic E-state index is 0.432. The molecule has 0 aliphatic heterocycles. The molecule has 0 spiro atoms. The molecule has 2 rings (SSSR count). The smallest absolute Gasteiger partial charge is 0.421 e. The molecule has 1 heterocycles. The Morgan fingerprint density at radius 2 is 1.45 bits per heavy atom. The van der Waals surface area contributed by atoms with Gasteiger partial charge in [0.2, 0.25) is 0 Å². The van der Waals surface area contributed by atoms with Crippen LogP contribution in [0.5, 0.6) is 0 Å². The lowest BCUT2D eigenvalue weighted by Gasteiger charge is -2.19. The van der Waals surface area contributed by atoms with Crippen LogP contribution < -0.4 is 20.1 Å². The van der Waals surface area contributed by atoms with Crippen molar-refractivity contribution < 1.29 is 23.6 Å². The van der Waals surface area contributed by atoms with Crippen LogP contribution in [0.25, 0.3) is 0 Å². The molecule has 0 saturated heterocycles. The van der Waals surface area contributed by atoms with Crippen LogP contribution in [0, 0.1) is 0 Å². The van der Waals surface area contributed by atoms with Crippen molar-refractivity contribution in [1.29, 1.82) is 0 Å². The topological polar surface area (TPSA) is 113 Å². The highest BCUT2D eigenvalue weighted by atomic mass is 16.6. The van der Waals surface area contributed by atoms with Crippen molar-refractivity contribution in [1.82, 2.24) is 15.2 Å². The Hall–Kier alpha value is -3.63. The summed E-state index contributed by atoms with van der Waals surface area (Å²) in [5.74, 6) is 0.677. The van der Waals surface area contributed by atoms with Crippen molar-refractivity contribution in [3.05, 3.63) is 36.7 Å². The Bertz CT molecular complexity index is 1010. The number of ether oxygens (including phenoxy) is 2. The van der Waals surface area contributed by atoms with E-state index in [0.717, 1.165) is 11.4 Å². The molecule has 2 aromatic rings. The molecule has 0 bridgehead atoms. The van der Waals surface area contributed by atoms with Gasteiger partial charge in [-0.1, -0.05) is 5.11 Å². The molecule has 210 valence electrons. The molecule has 0 fully saturated rings. The number of carbonyl (C=O) groups is 2. The van der Waals surface area contributed by atoms with Gasteiger partial charge in [-0.15, -0.1) is 0 Å². The minimum Gasteiger partial charge on any atom is -0.444 e. The van der Waals surface area contributed by atoms with Gasteiger partial charge in [-0.05, 0) is 78.6 Å². The number of imidazole rings is 1. The van der Waals surface area contributed by atoms with Crippen LogP contribution in [-0.2, 0) is 22.6 Å². The Labute approximate surface area is 226 Å². The van der Waals surface area contributed by atoms with E-state index in [4.69, 9.17) is 9.47 Å². The van der Waals surface area contributed by atoms with Crippen LogP contribution in [0.15, 0.2) is 46.9 Å². The van der Waals surface area contributed by atoms with Gasteiger partial charge in [0.25, 0.3) is 0 Å². The zero-order chi connectivity index (χ0) is 28.3. The number of hydrogen-bond acceptors (Lipinski definition) is 7. The van der Waals surface area contributed by atoms with Crippen LogP contribution in [0.3, 0.4) is 0 Å². The average molecular weight is 531 g/mol. The van der Waals surface area contributed by atoms with Crippen molar-refractivity contribution in [2.45, 2.75) is 78.7 Å². The lowest BCUT2D eigenvalue weighted by atomic mass is 10.2. The monoisotopic (exact) mass is 530 g/mol. The van der Waals surface area contributed by atoms with Gasteiger partial charge < -0.3 is 25.0 Å². The number of rotatable bonds is 11. The molecule has 11 heteroatoms. The summed E-state index contributed by atoms with van der Waals surface area (Å²) in [5.41, 5.74) is 0.754. The number of benzene rings is 1. The first-order chi connectivity index (χ1) is 17.7. The predicted molar refractivity (Wildman–Crippen MR) is 147 cm³/mol. The fourth-order valence-corrected chi connectivity index (χ4v) is 3.35. The summed E-state index contributed by atoms with van der Waals surface area (Å²) in [5, 5.41) is 14.6. The molecule has 0 atom stereocenters. The number of nitrogens with one attached hydrogen (secondary N) is 2. The van der Waals surface area contributed by atoms with Crippen molar-refractivity contribution in [2.75, 3.05) is 32.1 Å². The summed E-state index contributed by atoms with van der Waals surface area (Å²) in [7, 11) is 3.98. The summed E-state index contributed by atoms with van der Waals surface area (Å²) in [6.07, 6.45) is 4.40. The number of aryl methyl sites for hydroxylation is 2. The van der Waals surface area contributed by atoms with Gasteiger partial charge in [-0.3, -0.25) is 0 Å². The van der Waals surface area contributed by atoms with Crippen LogP contribution in [0.2, 0.25) is 0 Å².